The van der Waals surface area contributed by atoms with Gasteiger partial charge in [0.15, 0.2) is 0 Å². The molecule has 0 aliphatic heterocycles. The van der Waals surface area contributed by atoms with Gasteiger partial charge in [-0.15, -0.1) is 11.3 Å². The van der Waals surface area contributed by atoms with Crippen LogP contribution in [0.3, 0.4) is 0 Å². The van der Waals surface area contributed by atoms with Gasteiger partial charge in [0.25, 0.3) is 5.91 Å². The lowest BCUT2D eigenvalue weighted by atomic mass is 10.2. The minimum atomic E-state index is -0.342. The van der Waals surface area contributed by atoms with Crippen molar-refractivity contribution in [3.05, 3.63) is 56.3 Å². The van der Waals surface area contributed by atoms with Crippen LogP contribution in [0, 0.1) is 0 Å². The number of nitrogens with one attached hydrogen (secondary N) is 2. The summed E-state index contributed by atoms with van der Waals surface area (Å²) in [5.74, 6) is -0.505. The third kappa shape index (κ3) is 3.90. The Hall–Kier alpha value is -1.79. The Morgan fingerprint density at radius 1 is 0.960 bits per heavy atom. The molecule has 0 radical (unpaired) electrons. The number of carbonyl (C=O) groups excluding carboxylic acids is 2. The summed E-state index contributed by atoms with van der Waals surface area (Å²) in [6, 6.07) is 10.1. The minimum Gasteiger partial charge on any atom is -0.326 e. The van der Waals surface area contributed by atoms with Gasteiger partial charge >= 0.3 is 0 Å². The van der Waals surface area contributed by atoms with Gasteiger partial charge in [0.1, 0.15) is 4.88 Å². The molecule has 0 spiro atoms. The molecule has 2 aromatic carbocycles. The fraction of sp³-hybridized carbons (Fsp3) is 0.0588. The van der Waals surface area contributed by atoms with Gasteiger partial charge in [-0.3, -0.25) is 9.59 Å². The Balaban J connectivity index is 1.86. The summed E-state index contributed by atoms with van der Waals surface area (Å²) in [7, 11) is 0. The number of thiophene rings is 1. The maximum Gasteiger partial charge on any atom is 0.267 e. The van der Waals surface area contributed by atoms with Gasteiger partial charge in [-0.2, -0.15) is 0 Å². The fourth-order valence-corrected chi connectivity index (χ4v) is 4.56. The van der Waals surface area contributed by atoms with Crippen molar-refractivity contribution in [3.8, 4) is 0 Å². The summed E-state index contributed by atoms with van der Waals surface area (Å²) in [6.45, 7) is 1.43. The van der Waals surface area contributed by atoms with E-state index in [4.69, 9.17) is 34.8 Å². The van der Waals surface area contributed by atoms with Crippen molar-refractivity contribution in [2.75, 3.05) is 10.6 Å². The van der Waals surface area contributed by atoms with Crippen LogP contribution in [0.1, 0.15) is 16.6 Å². The van der Waals surface area contributed by atoms with Gasteiger partial charge in [0, 0.05) is 33.4 Å². The standard InChI is InChI=1S/C17H11Cl3N2O2S/c1-8(23)21-10-2-4-11(5-3-10)22-17(24)16-15(20)14-12(19)6-9(18)7-13(14)25-16/h2-7H,1H3,(H,21,23)(H,22,24). The van der Waals surface area contributed by atoms with Crippen molar-refractivity contribution in [1.82, 2.24) is 0 Å². The molecule has 3 aromatic rings. The highest BCUT2D eigenvalue weighted by Gasteiger charge is 2.19. The average molecular weight is 414 g/mol. The van der Waals surface area contributed by atoms with Crippen LogP contribution in [0.4, 0.5) is 11.4 Å². The average Bonchev–Trinajstić information content (AvgIpc) is 2.85. The molecule has 3 rings (SSSR count). The van der Waals surface area contributed by atoms with E-state index in [0.717, 1.165) is 4.70 Å². The number of anilines is 2. The maximum atomic E-state index is 12.5. The molecule has 2 N–H and O–H groups in total. The van der Waals surface area contributed by atoms with Crippen molar-refractivity contribution in [3.63, 3.8) is 0 Å². The van der Waals surface area contributed by atoms with Crippen LogP contribution in [0.25, 0.3) is 10.1 Å². The number of benzene rings is 2. The Bertz CT molecular complexity index is 984. The number of amides is 2. The van der Waals surface area contributed by atoms with Crippen LogP contribution in [-0.2, 0) is 4.79 Å². The molecule has 0 saturated heterocycles. The van der Waals surface area contributed by atoms with Crippen LogP contribution < -0.4 is 10.6 Å². The number of halogens is 3. The zero-order valence-corrected chi connectivity index (χ0v) is 15.9. The molecule has 25 heavy (non-hydrogen) atoms. The number of hydrogen-bond donors (Lipinski definition) is 2. The normalized spacial score (nSPS) is 10.7. The molecule has 0 atom stereocenters. The molecule has 4 nitrogen and oxygen atoms in total. The Kier molecular flexibility index (Phi) is 5.20. The molecule has 0 fully saturated rings. The van der Waals surface area contributed by atoms with E-state index in [-0.39, 0.29) is 11.8 Å². The smallest absolute Gasteiger partial charge is 0.267 e. The van der Waals surface area contributed by atoms with E-state index < -0.39 is 0 Å². The molecule has 128 valence electrons. The van der Waals surface area contributed by atoms with E-state index >= 15 is 0 Å². The predicted molar refractivity (Wildman–Crippen MR) is 106 cm³/mol. The third-order valence-corrected chi connectivity index (χ3v) is 5.46. The van der Waals surface area contributed by atoms with Crippen LogP contribution in [0.5, 0.6) is 0 Å². The molecule has 1 aromatic heterocycles. The van der Waals surface area contributed by atoms with E-state index in [2.05, 4.69) is 10.6 Å². The molecule has 8 heteroatoms. The molecule has 0 aliphatic rings. The Morgan fingerprint density at radius 2 is 1.56 bits per heavy atom. The first-order chi connectivity index (χ1) is 11.8. The van der Waals surface area contributed by atoms with Gasteiger partial charge in [-0.1, -0.05) is 34.8 Å². The minimum absolute atomic E-state index is 0.163. The second-order valence-electron chi connectivity index (χ2n) is 5.22. The molecule has 0 saturated carbocycles. The summed E-state index contributed by atoms with van der Waals surface area (Å²) >= 11 is 19.7. The van der Waals surface area contributed by atoms with Gasteiger partial charge in [0.2, 0.25) is 5.91 Å². The lowest BCUT2D eigenvalue weighted by Crippen LogP contribution is -2.11. The zero-order chi connectivity index (χ0) is 18.1. The van der Waals surface area contributed by atoms with Crippen molar-refractivity contribution in [2.24, 2.45) is 0 Å². The first kappa shape index (κ1) is 18.0. The predicted octanol–water partition coefficient (Wildman–Crippen LogP) is 6.07. The molecule has 2 amide bonds. The number of hydrogen-bond acceptors (Lipinski definition) is 3. The van der Waals surface area contributed by atoms with E-state index in [0.29, 0.717) is 36.7 Å². The van der Waals surface area contributed by atoms with Crippen LogP contribution in [0.15, 0.2) is 36.4 Å². The summed E-state index contributed by atoms with van der Waals surface area (Å²) in [5, 5.41) is 7.23. The van der Waals surface area contributed by atoms with E-state index in [1.54, 1.807) is 36.4 Å². The summed E-state index contributed by atoms with van der Waals surface area (Å²) in [6.07, 6.45) is 0. The maximum absolute atomic E-state index is 12.5. The van der Waals surface area contributed by atoms with Crippen LogP contribution in [-0.4, -0.2) is 11.8 Å². The summed E-state index contributed by atoms with van der Waals surface area (Å²) < 4.78 is 0.744. The quantitative estimate of drug-likeness (QED) is 0.547. The van der Waals surface area contributed by atoms with E-state index in [1.165, 1.54) is 18.3 Å². The zero-order valence-electron chi connectivity index (χ0n) is 12.8. The number of fused-ring (bicyclic) bond motifs is 1. The second-order valence-corrected chi connectivity index (χ2v) is 7.49. The molecular weight excluding hydrogens is 403 g/mol. The first-order valence-electron chi connectivity index (χ1n) is 7.11. The van der Waals surface area contributed by atoms with Gasteiger partial charge in [-0.25, -0.2) is 0 Å². The second kappa shape index (κ2) is 7.22. The largest absolute Gasteiger partial charge is 0.326 e. The van der Waals surface area contributed by atoms with Gasteiger partial charge in [-0.05, 0) is 36.4 Å². The number of rotatable bonds is 3. The highest BCUT2D eigenvalue weighted by molar-refractivity contribution is 7.21. The Labute approximate surface area is 162 Å². The molecule has 1 heterocycles. The molecular formula is C17H11Cl3N2O2S. The molecule has 0 unspecified atom stereocenters. The van der Waals surface area contributed by atoms with Gasteiger partial charge in [0.05, 0.1) is 10.0 Å². The van der Waals surface area contributed by atoms with Crippen molar-refractivity contribution >= 4 is 79.4 Å². The highest BCUT2D eigenvalue weighted by atomic mass is 35.5. The SMILES string of the molecule is CC(=O)Nc1ccc(NC(=O)c2sc3cc(Cl)cc(Cl)c3c2Cl)cc1. The van der Waals surface area contributed by atoms with Crippen molar-refractivity contribution < 1.29 is 9.59 Å². The van der Waals surface area contributed by atoms with Crippen LogP contribution >= 0.6 is 46.1 Å². The first-order valence-corrected chi connectivity index (χ1v) is 9.06. The summed E-state index contributed by atoms with van der Waals surface area (Å²) in [5.41, 5.74) is 1.23. The molecule has 0 aliphatic carbocycles. The van der Waals surface area contributed by atoms with Crippen LogP contribution in [0.2, 0.25) is 15.1 Å². The monoisotopic (exact) mass is 412 g/mol. The molecule has 0 bridgehead atoms. The number of carbonyl (C=O) groups is 2. The Morgan fingerprint density at radius 3 is 2.16 bits per heavy atom. The lowest BCUT2D eigenvalue weighted by molar-refractivity contribution is -0.114. The van der Waals surface area contributed by atoms with Crippen molar-refractivity contribution in [1.29, 1.82) is 0 Å². The van der Waals surface area contributed by atoms with Gasteiger partial charge < -0.3 is 10.6 Å². The van der Waals surface area contributed by atoms with E-state index in [9.17, 15) is 9.59 Å². The summed E-state index contributed by atoms with van der Waals surface area (Å²) in [4.78, 5) is 23.9. The lowest BCUT2D eigenvalue weighted by Gasteiger charge is -2.06. The highest BCUT2D eigenvalue weighted by Crippen LogP contribution is 2.41. The van der Waals surface area contributed by atoms with E-state index in [1.807, 2.05) is 0 Å². The fourth-order valence-electron chi connectivity index (χ4n) is 2.29. The third-order valence-electron chi connectivity index (χ3n) is 3.32. The van der Waals surface area contributed by atoms with Crippen molar-refractivity contribution in [2.45, 2.75) is 6.92 Å². The topological polar surface area (TPSA) is 58.2 Å².